The Labute approximate surface area is 225 Å². The number of aryl methyl sites for hydroxylation is 1. The van der Waals surface area contributed by atoms with Crippen molar-refractivity contribution in [2.75, 3.05) is 6.54 Å². The summed E-state index contributed by atoms with van der Waals surface area (Å²) in [6, 6.07) is 14.1. The topological polar surface area (TPSA) is 37.9 Å². The van der Waals surface area contributed by atoms with Gasteiger partial charge >= 0.3 is 0 Å². The number of hydrogen-bond acceptors (Lipinski definition) is 1. The van der Waals surface area contributed by atoms with Crippen LogP contribution in [0.1, 0.15) is 108 Å². The maximum atomic E-state index is 12.6. The van der Waals surface area contributed by atoms with Crippen LogP contribution in [0.2, 0.25) is 0 Å². The zero-order valence-electron chi connectivity index (χ0n) is 23.5. The van der Waals surface area contributed by atoms with E-state index in [1.807, 2.05) is 30.3 Å². The smallest absolute Gasteiger partial charge is 0.251 e. The fourth-order valence-electron chi connectivity index (χ4n) is 5.27. The van der Waals surface area contributed by atoms with E-state index >= 15 is 0 Å². The van der Waals surface area contributed by atoms with E-state index in [0.29, 0.717) is 6.54 Å². The molecular formula is C33H50N3O+. The van der Waals surface area contributed by atoms with Crippen molar-refractivity contribution in [3.8, 4) is 0 Å². The average Bonchev–Trinajstić information content (AvgIpc) is 3.37. The van der Waals surface area contributed by atoms with Crippen molar-refractivity contribution in [2.45, 2.75) is 110 Å². The number of aromatic nitrogens is 2. The number of hydrogen-bond donors (Lipinski definition) is 1. The van der Waals surface area contributed by atoms with Gasteiger partial charge in [-0.1, -0.05) is 108 Å². The first-order valence-corrected chi connectivity index (χ1v) is 15.0. The number of fused-ring (bicyclic) bond motifs is 1. The van der Waals surface area contributed by atoms with E-state index in [0.717, 1.165) is 41.8 Å². The molecule has 0 saturated carbocycles. The SMILES string of the molecule is CCCCCCCCC(CCCCCC)C[n+]1ccn(CCCNC(=O)c2ccc3ccccc3c2)c1. The summed E-state index contributed by atoms with van der Waals surface area (Å²) in [5.74, 6) is 0.791. The molecular weight excluding hydrogens is 454 g/mol. The van der Waals surface area contributed by atoms with Crippen LogP contribution in [0.25, 0.3) is 10.8 Å². The number of amides is 1. The molecule has 1 unspecified atom stereocenters. The van der Waals surface area contributed by atoms with Gasteiger partial charge in [-0.15, -0.1) is 0 Å². The second-order valence-corrected chi connectivity index (χ2v) is 10.8. The van der Waals surface area contributed by atoms with Crippen LogP contribution in [-0.2, 0) is 13.1 Å². The van der Waals surface area contributed by atoms with Gasteiger partial charge in [-0.3, -0.25) is 4.79 Å². The maximum absolute atomic E-state index is 12.6. The largest absolute Gasteiger partial charge is 0.352 e. The average molecular weight is 505 g/mol. The molecule has 202 valence electrons. The zero-order chi connectivity index (χ0) is 26.1. The monoisotopic (exact) mass is 504 g/mol. The Morgan fingerprint density at radius 2 is 1.51 bits per heavy atom. The van der Waals surface area contributed by atoms with Gasteiger partial charge in [0.25, 0.3) is 5.91 Å². The summed E-state index contributed by atoms with van der Waals surface area (Å²) in [6.45, 7) is 7.32. The Kier molecular flexibility index (Phi) is 13.3. The molecule has 37 heavy (non-hydrogen) atoms. The number of unbranched alkanes of at least 4 members (excludes halogenated alkanes) is 8. The normalized spacial score (nSPS) is 12.2. The van der Waals surface area contributed by atoms with Crippen LogP contribution in [0.4, 0.5) is 0 Å². The van der Waals surface area contributed by atoms with Crippen LogP contribution in [0, 0.1) is 5.92 Å². The lowest BCUT2D eigenvalue weighted by Gasteiger charge is -2.15. The molecule has 0 aliphatic carbocycles. The molecule has 0 bridgehead atoms. The molecule has 1 N–H and O–H groups in total. The Bertz CT molecular complexity index is 1040. The fourth-order valence-corrected chi connectivity index (χ4v) is 5.27. The van der Waals surface area contributed by atoms with Gasteiger partial charge in [0.15, 0.2) is 0 Å². The Morgan fingerprint density at radius 3 is 2.27 bits per heavy atom. The molecule has 1 atom stereocenters. The van der Waals surface area contributed by atoms with Crippen molar-refractivity contribution < 1.29 is 9.36 Å². The highest BCUT2D eigenvalue weighted by Crippen LogP contribution is 2.19. The Balaban J connectivity index is 1.39. The molecule has 3 rings (SSSR count). The minimum atomic E-state index is 0.00827. The van der Waals surface area contributed by atoms with Gasteiger partial charge in [-0.25, -0.2) is 9.13 Å². The molecule has 0 saturated heterocycles. The summed E-state index contributed by atoms with van der Waals surface area (Å²) in [5, 5.41) is 5.35. The van der Waals surface area contributed by atoms with Gasteiger partial charge in [0.2, 0.25) is 6.33 Å². The van der Waals surface area contributed by atoms with Crippen molar-refractivity contribution >= 4 is 16.7 Å². The van der Waals surface area contributed by atoms with Crippen molar-refractivity contribution in [2.24, 2.45) is 5.92 Å². The second kappa shape index (κ2) is 17.0. The molecule has 4 heteroatoms. The number of carbonyl (C=O) groups is 1. The Hall–Kier alpha value is -2.62. The van der Waals surface area contributed by atoms with Crippen molar-refractivity contribution in [1.82, 2.24) is 9.88 Å². The van der Waals surface area contributed by atoms with Crippen molar-refractivity contribution in [3.63, 3.8) is 0 Å². The molecule has 0 aliphatic heterocycles. The van der Waals surface area contributed by atoms with Gasteiger partial charge in [-0.05, 0) is 41.7 Å². The molecule has 1 aromatic heterocycles. The predicted molar refractivity (Wildman–Crippen MR) is 156 cm³/mol. The van der Waals surface area contributed by atoms with E-state index < -0.39 is 0 Å². The van der Waals surface area contributed by atoms with Gasteiger partial charge in [0, 0.05) is 18.5 Å². The van der Waals surface area contributed by atoms with Crippen molar-refractivity contribution in [1.29, 1.82) is 0 Å². The van der Waals surface area contributed by atoms with Crippen LogP contribution in [-0.4, -0.2) is 17.0 Å². The highest BCUT2D eigenvalue weighted by atomic mass is 16.1. The first-order valence-electron chi connectivity index (χ1n) is 15.0. The quantitative estimate of drug-likeness (QED) is 0.130. The first kappa shape index (κ1) is 28.9. The third-order valence-corrected chi connectivity index (χ3v) is 7.54. The van der Waals surface area contributed by atoms with E-state index in [4.69, 9.17) is 0 Å². The Morgan fingerprint density at radius 1 is 0.838 bits per heavy atom. The molecule has 4 nitrogen and oxygen atoms in total. The number of rotatable bonds is 19. The van der Waals surface area contributed by atoms with Crippen LogP contribution in [0.15, 0.2) is 61.2 Å². The molecule has 0 aliphatic rings. The van der Waals surface area contributed by atoms with E-state index in [9.17, 15) is 4.79 Å². The van der Waals surface area contributed by atoms with E-state index in [1.54, 1.807) is 0 Å². The van der Waals surface area contributed by atoms with E-state index in [2.05, 4.69) is 59.2 Å². The number of benzene rings is 2. The van der Waals surface area contributed by atoms with Gasteiger partial charge in [0.05, 0.1) is 13.1 Å². The summed E-state index contributed by atoms with van der Waals surface area (Å²) in [4.78, 5) is 12.6. The van der Waals surface area contributed by atoms with Crippen LogP contribution >= 0.6 is 0 Å². The maximum Gasteiger partial charge on any atom is 0.251 e. The summed E-state index contributed by atoms with van der Waals surface area (Å²) >= 11 is 0. The minimum Gasteiger partial charge on any atom is -0.352 e. The van der Waals surface area contributed by atoms with Gasteiger partial charge in [-0.2, -0.15) is 0 Å². The lowest BCUT2D eigenvalue weighted by molar-refractivity contribution is -0.703. The first-order chi connectivity index (χ1) is 18.2. The third kappa shape index (κ3) is 10.7. The standard InChI is InChI=1S/C33H49N3O/c1-3-5-7-9-10-12-17-29(16-11-8-6-4-2)27-36-25-24-35(28-36)23-15-22-34-33(37)32-21-20-30-18-13-14-19-31(30)26-32/h13-14,18-21,24-26,28-29H,3-12,15-17,22-23,27H2,1-2H3/p+1. The van der Waals surface area contributed by atoms with Crippen LogP contribution in [0.5, 0.6) is 0 Å². The van der Waals surface area contributed by atoms with E-state index in [-0.39, 0.29) is 5.91 Å². The van der Waals surface area contributed by atoms with Crippen LogP contribution < -0.4 is 9.88 Å². The number of nitrogens with one attached hydrogen (secondary N) is 1. The van der Waals surface area contributed by atoms with Crippen LogP contribution in [0.3, 0.4) is 0 Å². The highest BCUT2D eigenvalue weighted by Gasteiger charge is 2.14. The van der Waals surface area contributed by atoms with Crippen molar-refractivity contribution in [3.05, 3.63) is 66.7 Å². The van der Waals surface area contributed by atoms with E-state index in [1.165, 1.54) is 77.0 Å². The lowest BCUT2D eigenvalue weighted by Crippen LogP contribution is -2.35. The molecule has 0 fully saturated rings. The molecule has 1 heterocycles. The molecule has 2 aromatic carbocycles. The lowest BCUT2D eigenvalue weighted by atomic mass is 9.94. The number of carbonyl (C=O) groups excluding carboxylic acids is 1. The summed E-state index contributed by atoms with van der Waals surface area (Å²) < 4.78 is 4.65. The molecule has 0 radical (unpaired) electrons. The molecule has 0 spiro atoms. The zero-order valence-corrected chi connectivity index (χ0v) is 23.5. The minimum absolute atomic E-state index is 0.00827. The second-order valence-electron chi connectivity index (χ2n) is 10.8. The number of nitrogens with zero attached hydrogens (tertiary/aromatic N) is 2. The highest BCUT2D eigenvalue weighted by molar-refractivity contribution is 5.98. The third-order valence-electron chi connectivity index (χ3n) is 7.54. The molecule has 3 aromatic rings. The number of imidazole rings is 1. The molecule has 1 amide bonds. The van der Waals surface area contributed by atoms with Gasteiger partial charge in [0.1, 0.15) is 12.4 Å². The summed E-state index contributed by atoms with van der Waals surface area (Å²) in [5.41, 5.74) is 0.729. The van der Waals surface area contributed by atoms with Gasteiger partial charge < -0.3 is 5.32 Å². The predicted octanol–water partition coefficient (Wildman–Crippen LogP) is 8.09. The fraction of sp³-hybridized carbons (Fsp3) is 0.576. The summed E-state index contributed by atoms with van der Waals surface area (Å²) in [7, 11) is 0. The summed E-state index contributed by atoms with van der Waals surface area (Å²) in [6.07, 6.45) is 24.0.